The fourth-order valence-electron chi connectivity index (χ4n) is 2.76. The first-order valence-corrected chi connectivity index (χ1v) is 9.37. The third-order valence-corrected chi connectivity index (χ3v) is 4.24. The lowest BCUT2D eigenvalue weighted by Crippen LogP contribution is -2.01. The number of hydrogen-bond donors (Lipinski definition) is 2. The molecule has 0 aliphatic rings. The van der Waals surface area contributed by atoms with E-state index >= 15 is 0 Å². The average Bonchev–Trinajstić information content (AvgIpc) is 2.55. The zero-order valence-electron chi connectivity index (χ0n) is 14.9. The van der Waals surface area contributed by atoms with Crippen LogP contribution in [0.25, 0.3) is 0 Å². The zero-order valence-corrected chi connectivity index (χ0v) is 14.9. The molecule has 0 aliphatic heterocycles. The van der Waals surface area contributed by atoms with E-state index in [0.29, 0.717) is 12.4 Å². The predicted molar refractivity (Wildman–Crippen MR) is 96.5 cm³/mol. The number of benzene rings is 1. The summed E-state index contributed by atoms with van der Waals surface area (Å²) in [7, 11) is 0. The Morgan fingerprint density at radius 2 is 1.39 bits per heavy atom. The van der Waals surface area contributed by atoms with Gasteiger partial charge in [0, 0.05) is 0 Å². The molecule has 2 N–H and O–H groups in total. The Labute approximate surface area is 141 Å². The molecule has 3 heteroatoms. The van der Waals surface area contributed by atoms with Crippen LogP contribution in [0.15, 0.2) is 12.1 Å². The molecule has 0 heterocycles. The van der Waals surface area contributed by atoms with Gasteiger partial charge in [-0.05, 0) is 30.9 Å². The van der Waals surface area contributed by atoms with Gasteiger partial charge in [0.05, 0.1) is 6.61 Å². The molecule has 0 amide bonds. The topological polar surface area (TPSA) is 49.7 Å². The van der Waals surface area contributed by atoms with Crippen LogP contribution in [-0.4, -0.2) is 16.8 Å². The maximum atomic E-state index is 10.1. The number of rotatable bonds is 13. The van der Waals surface area contributed by atoms with Gasteiger partial charge in [0.15, 0.2) is 11.5 Å². The monoisotopic (exact) mass is 322 g/mol. The molecule has 3 nitrogen and oxygen atoms in total. The second-order valence-electron chi connectivity index (χ2n) is 6.35. The molecule has 1 aromatic rings. The van der Waals surface area contributed by atoms with E-state index in [9.17, 15) is 10.2 Å². The number of ether oxygens (including phenoxy) is 1. The van der Waals surface area contributed by atoms with Gasteiger partial charge in [-0.3, -0.25) is 0 Å². The van der Waals surface area contributed by atoms with E-state index in [1.807, 2.05) is 6.07 Å². The Balaban J connectivity index is 2.44. The fraction of sp³-hybridized carbons (Fsp3) is 0.700. The van der Waals surface area contributed by atoms with Gasteiger partial charge < -0.3 is 14.9 Å². The van der Waals surface area contributed by atoms with Gasteiger partial charge in [0.1, 0.15) is 0 Å². The highest BCUT2D eigenvalue weighted by Gasteiger charge is 2.13. The Hall–Kier alpha value is -1.38. The average molecular weight is 322 g/mol. The lowest BCUT2D eigenvalue weighted by Gasteiger charge is -2.14. The zero-order chi connectivity index (χ0) is 16.9. The molecule has 0 bridgehead atoms. The molecule has 0 unspecified atom stereocenters. The van der Waals surface area contributed by atoms with Crippen molar-refractivity contribution >= 4 is 0 Å². The van der Waals surface area contributed by atoms with Gasteiger partial charge in [-0.15, -0.1) is 0 Å². The van der Waals surface area contributed by atoms with E-state index in [1.165, 1.54) is 38.5 Å². The third kappa shape index (κ3) is 7.62. The van der Waals surface area contributed by atoms with E-state index < -0.39 is 0 Å². The summed E-state index contributed by atoms with van der Waals surface area (Å²) in [5.41, 5.74) is 1.00. The van der Waals surface area contributed by atoms with E-state index in [-0.39, 0.29) is 11.5 Å². The highest BCUT2D eigenvalue weighted by Crippen LogP contribution is 2.39. The maximum absolute atomic E-state index is 10.1. The van der Waals surface area contributed by atoms with Gasteiger partial charge in [0.25, 0.3) is 0 Å². The highest BCUT2D eigenvalue weighted by atomic mass is 16.5. The van der Waals surface area contributed by atoms with Crippen molar-refractivity contribution in [3.8, 4) is 17.2 Å². The van der Waals surface area contributed by atoms with Gasteiger partial charge in [-0.2, -0.15) is 0 Å². The molecule has 0 aliphatic carbocycles. The quantitative estimate of drug-likeness (QED) is 0.348. The summed E-state index contributed by atoms with van der Waals surface area (Å²) in [6.45, 7) is 4.98. The van der Waals surface area contributed by atoms with Crippen molar-refractivity contribution in [3.63, 3.8) is 0 Å². The fourth-order valence-corrected chi connectivity index (χ4v) is 2.76. The van der Waals surface area contributed by atoms with Crippen molar-refractivity contribution in [3.05, 3.63) is 17.7 Å². The molecule has 0 fully saturated rings. The minimum atomic E-state index is -0.109. The van der Waals surface area contributed by atoms with Crippen molar-refractivity contribution in [2.24, 2.45) is 0 Å². The summed E-state index contributed by atoms with van der Waals surface area (Å²) in [6.07, 6.45) is 13.0. The van der Waals surface area contributed by atoms with Crippen LogP contribution in [0.2, 0.25) is 0 Å². The lowest BCUT2D eigenvalue weighted by molar-refractivity contribution is 0.281. The molecule has 0 spiro atoms. The first kappa shape index (κ1) is 19.7. The number of phenols is 2. The Bertz CT molecular complexity index is 429. The minimum absolute atomic E-state index is 0.0983. The van der Waals surface area contributed by atoms with Crippen LogP contribution in [0.5, 0.6) is 17.2 Å². The van der Waals surface area contributed by atoms with Crippen molar-refractivity contribution in [2.45, 2.75) is 84.5 Å². The first-order chi connectivity index (χ1) is 11.2. The van der Waals surface area contributed by atoms with E-state index in [0.717, 1.165) is 37.7 Å². The number of aromatic hydroxyl groups is 2. The lowest BCUT2D eigenvalue weighted by atomic mass is 10.0. The molecule has 0 atom stereocenters. The molecule has 0 saturated heterocycles. The van der Waals surface area contributed by atoms with E-state index in [1.54, 1.807) is 6.07 Å². The number of hydrogen-bond acceptors (Lipinski definition) is 3. The molecule has 0 saturated carbocycles. The van der Waals surface area contributed by atoms with Crippen molar-refractivity contribution in [1.82, 2.24) is 0 Å². The van der Waals surface area contributed by atoms with Crippen LogP contribution in [0.1, 0.15) is 83.6 Å². The standard InChI is InChI=1S/C20H34O3/c1-3-5-7-8-9-10-11-13-17-14-15-18(21)19(22)20(17)23-16-12-6-4-2/h14-15,21-22H,3-13,16H2,1-2H3. The van der Waals surface area contributed by atoms with Crippen molar-refractivity contribution in [1.29, 1.82) is 0 Å². The molecular weight excluding hydrogens is 288 g/mol. The number of aryl methyl sites for hydroxylation is 1. The second-order valence-corrected chi connectivity index (χ2v) is 6.35. The van der Waals surface area contributed by atoms with Gasteiger partial charge in [-0.1, -0.05) is 71.3 Å². The van der Waals surface area contributed by atoms with Gasteiger partial charge in [-0.25, -0.2) is 0 Å². The second kappa shape index (κ2) is 12.1. The smallest absolute Gasteiger partial charge is 0.200 e. The number of phenolic OH excluding ortho intramolecular Hbond substituents is 2. The van der Waals surface area contributed by atoms with Crippen molar-refractivity contribution in [2.75, 3.05) is 6.61 Å². The predicted octanol–water partition coefficient (Wildman–Crippen LogP) is 5.96. The van der Waals surface area contributed by atoms with Crippen LogP contribution in [0, 0.1) is 0 Å². The largest absolute Gasteiger partial charge is 0.504 e. The molecule has 0 aromatic heterocycles. The minimum Gasteiger partial charge on any atom is -0.504 e. The summed E-state index contributed by atoms with van der Waals surface area (Å²) >= 11 is 0. The Morgan fingerprint density at radius 1 is 0.783 bits per heavy atom. The molecule has 1 aromatic carbocycles. The third-order valence-electron chi connectivity index (χ3n) is 4.24. The van der Waals surface area contributed by atoms with Crippen LogP contribution >= 0.6 is 0 Å². The molecular formula is C20H34O3. The Morgan fingerprint density at radius 3 is 2.09 bits per heavy atom. The van der Waals surface area contributed by atoms with Crippen LogP contribution in [-0.2, 0) is 6.42 Å². The summed E-state index contributed by atoms with van der Waals surface area (Å²) in [5.74, 6) is 0.271. The van der Waals surface area contributed by atoms with E-state index in [2.05, 4.69) is 13.8 Å². The van der Waals surface area contributed by atoms with Crippen LogP contribution in [0.3, 0.4) is 0 Å². The molecule has 0 radical (unpaired) electrons. The SMILES string of the molecule is CCCCCCCCCc1ccc(O)c(O)c1OCCCCC. The first-order valence-electron chi connectivity index (χ1n) is 9.37. The molecule has 132 valence electrons. The van der Waals surface area contributed by atoms with Gasteiger partial charge >= 0.3 is 0 Å². The summed E-state index contributed by atoms with van der Waals surface area (Å²) in [6, 6.07) is 3.44. The molecule has 1 rings (SSSR count). The van der Waals surface area contributed by atoms with Crippen molar-refractivity contribution < 1.29 is 14.9 Å². The highest BCUT2D eigenvalue weighted by molar-refractivity contribution is 5.54. The summed E-state index contributed by atoms with van der Waals surface area (Å²) < 4.78 is 5.75. The number of unbranched alkanes of at least 4 members (excludes halogenated alkanes) is 8. The molecule has 23 heavy (non-hydrogen) atoms. The van der Waals surface area contributed by atoms with Gasteiger partial charge in [0.2, 0.25) is 5.75 Å². The maximum Gasteiger partial charge on any atom is 0.200 e. The van der Waals surface area contributed by atoms with E-state index in [4.69, 9.17) is 4.74 Å². The van der Waals surface area contributed by atoms with Crippen LogP contribution in [0.4, 0.5) is 0 Å². The Kier molecular flexibility index (Phi) is 10.3. The summed E-state index contributed by atoms with van der Waals surface area (Å²) in [4.78, 5) is 0. The van der Waals surface area contributed by atoms with Crippen LogP contribution < -0.4 is 4.74 Å². The normalized spacial score (nSPS) is 10.9. The summed E-state index contributed by atoms with van der Waals surface area (Å²) in [5, 5.41) is 19.7.